The molecular weight excluding hydrogens is 246 g/mol. The molecule has 110 valence electrons. The predicted molar refractivity (Wildman–Crippen MR) is 72.1 cm³/mol. The number of nitriles is 1. The smallest absolute Gasteiger partial charge is 0.311 e. The SMILES string of the molecule is CC.CCOC(=O)CC(C(=O)OCC)C(C)(C)C#N. The zero-order valence-corrected chi connectivity index (χ0v) is 12.8. The quantitative estimate of drug-likeness (QED) is 0.694. The van der Waals surface area contributed by atoms with Gasteiger partial charge in [-0.15, -0.1) is 0 Å². The first-order chi connectivity index (χ1) is 8.88. The molecule has 0 N–H and O–H groups in total. The Morgan fingerprint density at radius 1 is 1.16 bits per heavy atom. The minimum atomic E-state index is -0.959. The van der Waals surface area contributed by atoms with Gasteiger partial charge in [0, 0.05) is 0 Å². The summed E-state index contributed by atoms with van der Waals surface area (Å²) in [5.41, 5.74) is -0.959. The average Bonchev–Trinajstić information content (AvgIpc) is 2.38. The number of carbonyl (C=O) groups is 2. The summed E-state index contributed by atoms with van der Waals surface area (Å²) in [6, 6.07) is 2.02. The Morgan fingerprint density at radius 3 is 2.00 bits per heavy atom. The van der Waals surface area contributed by atoms with Gasteiger partial charge in [-0.05, 0) is 27.7 Å². The van der Waals surface area contributed by atoms with Gasteiger partial charge in [-0.2, -0.15) is 5.26 Å². The van der Waals surface area contributed by atoms with E-state index >= 15 is 0 Å². The summed E-state index contributed by atoms with van der Waals surface area (Å²) in [4.78, 5) is 23.1. The van der Waals surface area contributed by atoms with E-state index in [0.29, 0.717) is 0 Å². The first kappa shape index (κ1) is 19.8. The van der Waals surface area contributed by atoms with Gasteiger partial charge in [0.05, 0.1) is 37.0 Å². The van der Waals surface area contributed by atoms with Gasteiger partial charge >= 0.3 is 11.9 Å². The Morgan fingerprint density at radius 2 is 1.63 bits per heavy atom. The zero-order valence-electron chi connectivity index (χ0n) is 12.8. The summed E-state index contributed by atoms with van der Waals surface area (Å²) in [5.74, 6) is -1.83. The molecule has 0 rings (SSSR count). The zero-order chi connectivity index (χ0) is 15.5. The molecule has 19 heavy (non-hydrogen) atoms. The van der Waals surface area contributed by atoms with Crippen molar-refractivity contribution in [1.29, 1.82) is 5.26 Å². The van der Waals surface area contributed by atoms with Crippen LogP contribution in [0.25, 0.3) is 0 Å². The number of carbonyl (C=O) groups excluding carboxylic acids is 2. The van der Waals surface area contributed by atoms with Crippen molar-refractivity contribution >= 4 is 11.9 Å². The number of nitrogens with zero attached hydrogens (tertiary/aromatic N) is 1. The van der Waals surface area contributed by atoms with Crippen LogP contribution in [-0.2, 0) is 19.1 Å². The van der Waals surface area contributed by atoms with Crippen LogP contribution in [0.1, 0.15) is 48.0 Å². The van der Waals surface area contributed by atoms with Crippen molar-refractivity contribution in [2.45, 2.75) is 48.0 Å². The lowest BCUT2D eigenvalue weighted by Gasteiger charge is -2.25. The van der Waals surface area contributed by atoms with E-state index in [0.717, 1.165) is 0 Å². The monoisotopic (exact) mass is 271 g/mol. The van der Waals surface area contributed by atoms with E-state index in [-0.39, 0.29) is 19.6 Å². The summed E-state index contributed by atoms with van der Waals surface area (Å²) in [7, 11) is 0. The van der Waals surface area contributed by atoms with Crippen molar-refractivity contribution < 1.29 is 19.1 Å². The molecule has 0 aliphatic heterocycles. The molecule has 5 heteroatoms. The largest absolute Gasteiger partial charge is 0.466 e. The van der Waals surface area contributed by atoms with Crippen LogP contribution >= 0.6 is 0 Å². The molecule has 0 radical (unpaired) electrons. The van der Waals surface area contributed by atoms with Gasteiger partial charge in [-0.25, -0.2) is 0 Å². The molecule has 0 saturated carbocycles. The van der Waals surface area contributed by atoms with Crippen LogP contribution in [0, 0.1) is 22.7 Å². The fourth-order valence-corrected chi connectivity index (χ4v) is 1.34. The Kier molecular flexibility index (Phi) is 10.8. The van der Waals surface area contributed by atoms with Crippen molar-refractivity contribution in [3.8, 4) is 6.07 Å². The molecule has 0 heterocycles. The maximum atomic E-state index is 11.7. The Hall–Kier alpha value is -1.57. The van der Waals surface area contributed by atoms with Gasteiger partial charge in [0.25, 0.3) is 0 Å². The van der Waals surface area contributed by atoms with E-state index in [1.54, 1.807) is 27.7 Å². The molecule has 0 amide bonds. The van der Waals surface area contributed by atoms with Crippen LogP contribution in [0.5, 0.6) is 0 Å². The van der Waals surface area contributed by atoms with E-state index < -0.39 is 23.3 Å². The Labute approximate surface area is 115 Å². The second-order valence-electron chi connectivity index (χ2n) is 4.15. The number of ether oxygens (including phenoxy) is 2. The predicted octanol–water partition coefficient (Wildman–Crippen LogP) is 2.69. The van der Waals surface area contributed by atoms with Crippen molar-refractivity contribution in [2.75, 3.05) is 13.2 Å². The molecule has 0 bridgehead atoms. The number of hydrogen-bond acceptors (Lipinski definition) is 5. The van der Waals surface area contributed by atoms with Gasteiger partial charge in [0.1, 0.15) is 0 Å². The highest BCUT2D eigenvalue weighted by Gasteiger charge is 2.38. The number of hydrogen-bond donors (Lipinski definition) is 0. The highest BCUT2D eigenvalue weighted by atomic mass is 16.5. The average molecular weight is 271 g/mol. The third-order valence-electron chi connectivity index (χ3n) is 2.41. The van der Waals surface area contributed by atoms with Crippen molar-refractivity contribution in [2.24, 2.45) is 11.3 Å². The van der Waals surface area contributed by atoms with Gasteiger partial charge in [0.2, 0.25) is 0 Å². The summed E-state index contributed by atoms with van der Waals surface area (Å²) in [6.45, 7) is 11.0. The van der Waals surface area contributed by atoms with E-state index in [1.807, 2.05) is 19.9 Å². The molecule has 1 unspecified atom stereocenters. The third-order valence-corrected chi connectivity index (χ3v) is 2.41. The van der Waals surface area contributed by atoms with Crippen molar-refractivity contribution in [1.82, 2.24) is 0 Å². The first-order valence-corrected chi connectivity index (χ1v) is 6.62. The summed E-state index contributed by atoms with van der Waals surface area (Å²) in [6.07, 6.45) is -0.132. The summed E-state index contributed by atoms with van der Waals surface area (Å²) >= 11 is 0. The minimum Gasteiger partial charge on any atom is -0.466 e. The van der Waals surface area contributed by atoms with Crippen LogP contribution in [0.3, 0.4) is 0 Å². The lowest BCUT2D eigenvalue weighted by atomic mass is 9.78. The van der Waals surface area contributed by atoms with E-state index in [4.69, 9.17) is 14.7 Å². The second-order valence-corrected chi connectivity index (χ2v) is 4.15. The normalized spacial score (nSPS) is 11.4. The maximum Gasteiger partial charge on any atom is 0.311 e. The van der Waals surface area contributed by atoms with Crippen molar-refractivity contribution in [3.63, 3.8) is 0 Å². The molecule has 0 spiro atoms. The fraction of sp³-hybridized carbons (Fsp3) is 0.786. The summed E-state index contributed by atoms with van der Waals surface area (Å²) in [5, 5.41) is 9.01. The highest BCUT2D eigenvalue weighted by molar-refractivity contribution is 5.81. The van der Waals surface area contributed by atoms with E-state index in [2.05, 4.69) is 0 Å². The standard InChI is InChI=1S/C12H19NO4.C2H6/c1-5-16-10(14)7-9(11(15)17-6-2)12(3,4)8-13;1-2/h9H,5-7H2,1-4H3;1-2H3. The lowest BCUT2D eigenvalue weighted by molar-refractivity contribution is -0.157. The minimum absolute atomic E-state index is 0.132. The molecule has 0 aliphatic carbocycles. The second kappa shape index (κ2) is 10.4. The fourth-order valence-electron chi connectivity index (χ4n) is 1.34. The van der Waals surface area contributed by atoms with E-state index in [1.165, 1.54) is 0 Å². The van der Waals surface area contributed by atoms with Crippen molar-refractivity contribution in [3.05, 3.63) is 0 Å². The number of rotatable bonds is 6. The van der Waals surface area contributed by atoms with Gasteiger partial charge in [-0.3, -0.25) is 9.59 Å². The highest BCUT2D eigenvalue weighted by Crippen LogP contribution is 2.30. The van der Waals surface area contributed by atoms with Gasteiger partial charge in [-0.1, -0.05) is 13.8 Å². The van der Waals surface area contributed by atoms with Crippen LogP contribution in [0.2, 0.25) is 0 Å². The third kappa shape index (κ3) is 7.45. The first-order valence-electron chi connectivity index (χ1n) is 6.62. The Balaban J connectivity index is 0. The molecule has 0 fully saturated rings. The number of esters is 2. The molecule has 5 nitrogen and oxygen atoms in total. The topological polar surface area (TPSA) is 76.4 Å². The van der Waals surface area contributed by atoms with Crippen LogP contribution in [0.15, 0.2) is 0 Å². The molecule has 0 aliphatic rings. The maximum absolute atomic E-state index is 11.7. The van der Waals surface area contributed by atoms with Crippen LogP contribution in [0.4, 0.5) is 0 Å². The van der Waals surface area contributed by atoms with Crippen LogP contribution < -0.4 is 0 Å². The molecule has 0 aromatic carbocycles. The molecule has 0 aromatic heterocycles. The molecular formula is C14H25NO4. The van der Waals surface area contributed by atoms with E-state index in [9.17, 15) is 9.59 Å². The van der Waals surface area contributed by atoms with Gasteiger partial charge < -0.3 is 9.47 Å². The molecule has 0 saturated heterocycles. The summed E-state index contributed by atoms with van der Waals surface area (Å²) < 4.78 is 9.66. The Bertz CT molecular complexity index is 318. The lowest BCUT2D eigenvalue weighted by Crippen LogP contribution is -2.34. The molecule has 0 aromatic rings. The van der Waals surface area contributed by atoms with Crippen LogP contribution in [-0.4, -0.2) is 25.2 Å². The van der Waals surface area contributed by atoms with Gasteiger partial charge in [0.15, 0.2) is 0 Å². The molecule has 1 atom stereocenters.